The molecular formula is C21H35N5OS. The zero-order valence-electron chi connectivity index (χ0n) is 17.9. The number of carbonyl (C=O) groups excluding carboxylic acids is 1. The van der Waals surface area contributed by atoms with Gasteiger partial charge in [-0.3, -0.25) is 14.8 Å². The molecule has 0 aliphatic heterocycles. The van der Waals surface area contributed by atoms with Crippen molar-refractivity contribution in [2.24, 2.45) is 16.5 Å². The number of aliphatic imine (C=N–C) groups is 1. The third-order valence-corrected chi connectivity index (χ3v) is 3.44. The fraction of sp³-hybridized carbons (Fsp3) is 0.381. The van der Waals surface area contributed by atoms with E-state index < -0.39 is 5.91 Å². The standard InChI is InChI=1S/C15H17N5OS.3C2H6/c16-4-6-19-9-20-13(15(17)21)14(22)11-1-2-12-8-18-5-3-10(12)7-11;3*1-2/h1-3,5,7-9,22H,4,6,16H2,(H2,17,21)(H,19,20);3*1-2H3/b14-13-;;;. The minimum absolute atomic E-state index is 0.178. The molecule has 1 heterocycles. The zero-order chi connectivity index (χ0) is 21.9. The molecule has 0 aliphatic carbocycles. The highest BCUT2D eigenvalue weighted by Gasteiger charge is 2.11. The maximum atomic E-state index is 11.6. The van der Waals surface area contributed by atoms with Crippen LogP contribution in [0.1, 0.15) is 47.1 Å². The number of hydrogen-bond acceptors (Lipinski definition) is 5. The Morgan fingerprint density at radius 1 is 1.14 bits per heavy atom. The first-order valence-corrected chi connectivity index (χ1v) is 10.1. The minimum Gasteiger partial charge on any atom is -0.364 e. The number of fused-ring (bicyclic) bond motifs is 1. The Hall–Kier alpha value is -2.38. The number of rotatable bonds is 6. The topological polar surface area (TPSA) is 106 Å². The van der Waals surface area contributed by atoms with E-state index in [2.05, 4.69) is 27.9 Å². The normalized spacial score (nSPS) is 10.4. The summed E-state index contributed by atoms with van der Waals surface area (Å²) in [6.07, 6.45) is 4.88. The van der Waals surface area contributed by atoms with Crippen molar-refractivity contribution in [2.75, 3.05) is 13.1 Å². The van der Waals surface area contributed by atoms with Gasteiger partial charge in [0.2, 0.25) is 0 Å². The van der Waals surface area contributed by atoms with Gasteiger partial charge in [-0.05, 0) is 23.1 Å². The SMILES string of the molecule is CC.CC.CC.NCCN=CN/C(C(N)=O)=C(\S)c1ccc2cnccc2c1. The van der Waals surface area contributed by atoms with Gasteiger partial charge in [0.05, 0.1) is 12.9 Å². The lowest BCUT2D eigenvalue weighted by Gasteiger charge is -2.09. The van der Waals surface area contributed by atoms with Gasteiger partial charge in [-0.1, -0.05) is 53.7 Å². The van der Waals surface area contributed by atoms with Crippen LogP contribution in [0, 0.1) is 0 Å². The number of hydrogen-bond donors (Lipinski definition) is 4. The summed E-state index contributed by atoms with van der Waals surface area (Å²) in [4.78, 5) is 20.1. The molecule has 1 aromatic carbocycles. The fourth-order valence-corrected chi connectivity index (χ4v) is 2.19. The second-order valence-electron chi connectivity index (χ2n) is 4.49. The third kappa shape index (κ3) is 9.53. The van der Waals surface area contributed by atoms with Gasteiger partial charge in [-0.25, -0.2) is 0 Å². The summed E-state index contributed by atoms with van der Waals surface area (Å²) in [6.45, 7) is 12.9. The van der Waals surface area contributed by atoms with Crippen molar-refractivity contribution in [3.05, 3.63) is 47.9 Å². The van der Waals surface area contributed by atoms with Crippen molar-refractivity contribution in [3.8, 4) is 0 Å². The molecule has 0 atom stereocenters. The minimum atomic E-state index is -0.612. The number of benzene rings is 1. The predicted molar refractivity (Wildman–Crippen MR) is 126 cm³/mol. The van der Waals surface area contributed by atoms with E-state index in [1.165, 1.54) is 6.34 Å². The van der Waals surface area contributed by atoms with Crippen LogP contribution in [0.25, 0.3) is 15.7 Å². The van der Waals surface area contributed by atoms with Gasteiger partial charge in [-0.15, -0.1) is 12.6 Å². The van der Waals surface area contributed by atoms with Crippen LogP contribution < -0.4 is 16.8 Å². The first kappa shape index (κ1) is 27.8. The van der Waals surface area contributed by atoms with Gasteiger partial charge in [0.15, 0.2) is 0 Å². The van der Waals surface area contributed by atoms with Gasteiger partial charge >= 0.3 is 0 Å². The van der Waals surface area contributed by atoms with E-state index in [-0.39, 0.29) is 5.70 Å². The van der Waals surface area contributed by atoms with E-state index in [1.807, 2.05) is 65.8 Å². The monoisotopic (exact) mass is 405 g/mol. The molecule has 0 fully saturated rings. The summed E-state index contributed by atoms with van der Waals surface area (Å²) in [5, 5.41) is 4.77. The number of nitrogens with zero attached hydrogens (tertiary/aromatic N) is 2. The highest BCUT2D eigenvalue weighted by molar-refractivity contribution is 7.90. The molecule has 7 heteroatoms. The van der Waals surface area contributed by atoms with Gasteiger partial charge < -0.3 is 16.8 Å². The summed E-state index contributed by atoms with van der Waals surface area (Å²) in [5.74, 6) is -0.612. The van der Waals surface area contributed by atoms with Crippen LogP contribution >= 0.6 is 12.6 Å². The van der Waals surface area contributed by atoms with Crippen LogP contribution in [0.2, 0.25) is 0 Å². The first-order chi connectivity index (χ1) is 13.6. The Bertz CT molecular complexity index is 744. The van der Waals surface area contributed by atoms with Crippen LogP contribution in [0.15, 0.2) is 47.3 Å². The smallest absolute Gasteiger partial charge is 0.266 e. The molecule has 0 spiro atoms. The van der Waals surface area contributed by atoms with Crippen LogP contribution in [0.4, 0.5) is 0 Å². The average molecular weight is 406 g/mol. The number of amides is 1. The molecule has 0 saturated heterocycles. The second-order valence-corrected chi connectivity index (χ2v) is 4.94. The fourth-order valence-electron chi connectivity index (χ4n) is 1.88. The Kier molecular flexibility index (Phi) is 17.9. The van der Waals surface area contributed by atoms with Crippen LogP contribution in [-0.4, -0.2) is 30.3 Å². The maximum Gasteiger partial charge on any atom is 0.266 e. The number of pyridine rings is 1. The number of nitrogens with two attached hydrogens (primary N) is 2. The molecule has 0 saturated carbocycles. The van der Waals surface area contributed by atoms with Crippen molar-refractivity contribution in [3.63, 3.8) is 0 Å². The largest absolute Gasteiger partial charge is 0.364 e. The van der Waals surface area contributed by atoms with E-state index in [1.54, 1.807) is 12.4 Å². The molecule has 2 aromatic rings. The lowest BCUT2D eigenvalue weighted by Crippen LogP contribution is -2.26. The van der Waals surface area contributed by atoms with Gasteiger partial charge in [0.25, 0.3) is 5.91 Å². The zero-order valence-corrected chi connectivity index (χ0v) is 18.8. The number of thiol groups is 1. The predicted octanol–water partition coefficient (Wildman–Crippen LogP) is 3.97. The van der Waals surface area contributed by atoms with E-state index in [0.717, 1.165) is 16.3 Å². The summed E-state index contributed by atoms with van der Waals surface area (Å²) < 4.78 is 0. The molecule has 5 N–H and O–H groups in total. The Morgan fingerprint density at radius 2 is 1.79 bits per heavy atom. The van der Waals surface area contributed by atoms with Gasteiger partial charge in [0, 0.05) is 29.2 Å². The van der Waals surface area contributed by atoms with Crippen LogP contribution in [-0.2, 0) is 4.79 Å². The summed E-state index contributed by atoms with van der Waals surface area (Å²) in [6, 6.07) is 7.57. The molecule has 1 aromatic heterocycles. The quantitative estimate of drug-likeness (QED) is 0.252. The molecule has 28 heavy (non-hydrogen) atoms. The van der Waals surface area contributed by atoms with E-state index in [9.17, 15) is 4.79 Å². The highest BCUT2D eigenvalue weighted by Crippen LogP contribution is 2.25. The second kappa shape index (κ2) is 18.0. The number of carbonyl (C=O) groups is 1. The molecule has 0 aliphatic rings. The van der Waals surface area contributed by atoms with Crippen LogP contribution in [0.5, 0.6) is 0 Å². The van der Waals surface area contributed by atoms with Gasteiger partial charge in [-0.2, -0.15) is 0 Å². The van der Waals surface area contributed by atoms with Crippen molar-refractivity contribution in [1.82, 2.24) is 10.3 Å². The van der Waals surface area contributed by atoms with Crippen molar-refractivity contribution >= 4 is 40.6 Å². The van der Waals surface area contributed by atoms with Crippen LogP contribution in [0.3, 0.4) is 0 Å². The lowest BCUT2D eigenvalue weighted by molar-refractivity contribution is -0.114. The highest BCUT2D eigenvalue weighted by atomic mass is 32.1. The molecule has 156 valence electrons. The summed E-state index contributed by atoms with van der Waals surface area (Å²) >= 11 is 4.42. The first-order valence-electron chi connectivity index (χ1n) is 9.65. The third-order valence-electron chi connectivity index (χ3n) is 2.96. The van der Waals surface area contributed by atoms with Crippen molar-refractivity contribution < 1.29 is 4.79 Å². The van der Waals surface area contributed by atoms with E-state index >= 15 is 0 Å². The van der Waals surface area contributed by atoms with E-state index in [4.69, 9.17) is 11.5 Å². The van der Waals surface area contributed by atoms with Gasteiger partial charge in [0.1, 0.15) is 5.70 Å². The van der Waals surface area contributed by atoms with Crippen molar-refractivity contribution in [2.45, 2.75) is 41.5 Å². The van der Waals surface area contributed by atoms with Crippen molar-refractivity contribution in [1.29, 1.82) is 0 Å². The average Bonchev–Trinajstić information content (AvgIpc) is 2.77. The molecule has 6 nitrogen and oxygen atoms in total. The Balaban J connectivity index is 0. The summed E-state index contributed by atoms with van der Waals surface area (Å²) in [7, 11) is 0. The molecule has 1 amide bonds. The molecule has 0 bridgehead atoms. The molecular weight excluding hydrogens is 370 g/mol. The van der Waals surface area contributed by atoms with E-state index in [0.29, 0.717) is 18.0 Å². The molecule has 0 unspecified atom stereocenters. The lowest BCUT2D eigenvalue weighted by atomic mass is 10.1. The molecule has 0 radical (unpaired) electrons. The Labute approximate surface area is 174 Å². The number of primary amides is 1. The Morgan fingerprint density at radius 3 is 2.36 bits per heavy atom. The molecule has 2 rings (SSSR count). The maximum absolute atomic E-state index is 11.6. The number of nitrogens with one attached hydrogen (secondary N) is 1. The number of aromatic nitrogens is 1. The summed E-state index contributed by atoms with van der Waals surface area (Å²) in [5.41, 5.74) is 11.7.